The van der Waals surface area contributed by atoms with Crippen LogP contribution < -0.4 is 15.8 Å². The molecule has 3 N–H and O–H groups in total. The number of ether oxygens (including phenoxy) is 1. The monoisotopic (exact) mass is 312 g/mol. The number of anilines is 2. The highest BCUT2D eigenvalue weighted by Gasteiger charge is 2.44. The summed E-state index contributed by atoms with van der Waals surface area (Å²) in [4.78, 5) is 12.5. The summed E-state index contributed by atoms with van der Waals surface area (Å²) in [5.74, 6) is 1.28. The van der Waals surface area contributed by atoms with Crippen LogP contribution in [-0.2, 0) is 4.79 Å². The summed E-state index contributed by atoms with van der Waals surface area (Å²) >= 11 is 0. The van der Waals surface area contributed by atoms with Gasteiger partial charge in [0.2, 0.25) is 5.91 Å². The lowest BCUT2D eigenvalue weighted by molar-refractivity contribution is -0.131. The van der Waals surface area contributed by atoms with Gasteiger partial charge in [-0.3, -0.25) is 4.79 Å². The maximum absolute atomic E-state index is 12.5. The van der Waals surface area contributed by atoms with E-state index in [1.165, 1.54) is 0 Å². The molecule has 0 unspecified atom stereocenters. The first-order chi connectivity index (χ1) is 9.47. The Bertz CT molecular complexity index is 499. The van der Waals surface area contributed by atoms with Crippen LogP contribution in [0.5, 0.6) is 5.75 Å². The number of carbonyl (C=O) groups excluding carboxylic acids is 1. The van der Waals surface area contributed by atoms with Crippen molar-refractivity contribution < 1.29 is 9.53 Å². The highest BCUT2D eigenvalue weighted by molar-refractivity contribution is 5.96. The van der Waals surface area contributed by atoms with E-state index < -0.39 is 0 Å². The van der Waals surface area contributed by atoms with E-state index in [9.17, 15) is 4.79 Å². The van der Waals surface area contributed by atoms with Crippen molar-refractivity contribution in [2.45, 2.75) is 39.5 Å². The van der Waals surface area contributed by atoms with Gasteiger partial charge < -0.3 is 15.8 Å². The third-order valence-electron chi connectivity index (χ3n) is 4.08. The van der Waals surface area contributed by atoms with Gasteiger partial charge in [0.15, 0.2) is 0 Å². The number of hydrogen-bond donors (Lipinski definition) is 2. The predicted octanol–water partition coefficient (Wildman–Crippen LogP) is 3.85. The minimum Gasteiger partial charge on any atom is -0.495 e. The van der Waals surface area contributed by atoms with Crippen LogP contribution in [0.4, 0.5) is 11.4 Å². The molecule has 1 amide bonds. The SMILES string of the molecule is COc1ccc(NC(=O)C2(CC(C)C)CCC2)cc1N.Cl. The van der Waals surface area contributed by atoms with Crippen molar-refractivity contribution in [2.75, 3.05) is 18.2 Å². The van der Waals surface area contributed by atoms with E-state index in [-0.39, 0.29) is 23.7 Å². The van der Waals surface area contributed by atoms with E-state index in [0.29, 0.717) is 17.4 Å². The summed E-state index contributed by atoms with van der Waals surface area (Å²) in [7, 11) is 1.58. The second-order valence-corrected chi connectivity index (χ2v) is 6.14. The van der Waals surface area contributed by atoms with Gasteiger partial charge in [-0.15, -0.1) is 12.4 Å². The molecule has 0 radical (unpaired) electrons. The van der Waals surface area contributed by atoms with Gasteiger partial charge in [0.05, 0.1) is 12.8 Å². The molecule has 0 aliphatic heterocycles. The molecule has 4 nitrogen and oxygen atoms in total. The van der Waals surface area contributed by atoms with Crippen LogP contribution in [0.15, 0.2) is 18.2 Å². The topological polar surface area (TPSA) is 64.3 Å². The first-order valence-corrected chi connectivity index (χ1v) is 7.22. The molecular formula is C16H25ClN2O2. The lowest BCUT2D eigenvalue weighted by atomic mass is 9.64. The molecule has 21 heavy (non-hydrogen) atoms. The maximum atomic E-state index is 12.5. The van der Waals surface area contributed by atoms with Gasteiger partial charge in [-0.1, -0.05) is 20.3 Å². The van der Waals surface area contributed by atoms with E-state index in [0.717, 1.165) is 31.4 Å². The van der Waals surface area contributed by atoms with Crippen LogP contribution in [0.25, 0.3) is 0 Å². The average molecular weight is 313 g/mol. The van der Waals surface area contributed by atoms with E-state index >= 15 is 0 Å². The molecule has 118 valence electrons. The van der Waals surface area contributed by atoms with Gasteiger partial charge in [-0.25, -0.2) is 0 Å². The fourth-order valence-electron chi connectivity index (χ4n) is 2.98. The van der Waals surface area contributed by atoms with Crippen molar-refractivity contribution in [1.82, 2.24) is 0 Å². The molecule has 1 aromatic carbocycles. The van der Waals surface area contributed by atoms with Crippen LogP contribution >= 0.6 is 12.4 Å². The zero-order chi connectivity index (χ0) is 14.8. The first-order valence-electron chi connectivity index (χ1n) is 7.22. The summed E-state index contributed by atoms with van der Waals surface area (Å²) in [6, 6.07) is 5.36. The van der Waals surface area contributed by atoms with Crippen LogP contribution in [0, 0.1) is 11.3 Å². The Kier molecular flexibility index (Phi) is 5.90. The zero-order valence-electron chi connectivity index (χ0n) is 12.9. The standard InChI is InChI=1S/C16H24N2O2.ClH/c1-11(2)10-16(7-4-8-16)15(19)18-12-5-6-14(20-3)13(17)9-12;/h5-6,9,11H,4,7-8,10,17H2,1-3H3,(H,18,19);1H. The smallest absolute Gasteiger partial charge is 0.230 e. The number of rotatable bonds is 5. The van der Waals surface area contributed by atoms with E-state index in [2.05, 4.69) is 19.2 Å². The van der Waals surface area contributed by atoms with Crippen molar-refractivity contribution in [1.29, 1.82) is 0 Å². The van der Waals surface area contributed by atoms with Crippen LogP contribution in [0.3, 0.4) is 0 Å². The fraction of sp³-hybridized carbons (Fsp3) is 0.562. The van der Waals surface area contributed by atoms with Crippen molar-refractivity contribution >= 4 is 29.7 Å². The second-order valence-electron chi connectivity index (χ2n) is 6.14. The third-order valence-corrected chi connectivity index (χ3v) is 4.08. The number of hydrogen-bond acceptors (Lipinski definition) is 3. The van der Waals surface area contributed by atoms with E-state index in [1.807, 2.05) is 6.07 Å². The Labute approximate surface area is 132 Å². The molecule has 0 atom stereocenters. The van der Waals surface area contributed by atoms with Gasteiger partial charge in [-0.05, 0) is 43.4 Å². The molecule has 0 saturated heterocycles. The molecule has 1 fully saturated rings. The molecule has 2 rings (SSSR count). The van der Waals surface area contributed by atoms with Crippen molar-refractivity contribution in [3.05, 3.63) is 18.2 Å². The Morgan fingerprint density at radius 3 is 2.52 bits per heavy atom. The second kappa shape index (κ2) is 7.03. The van der Waals surface area contributed by atoms with Crippen LogP contribution in [0.2, 0.25) is 0 Å². The van der Waals surface area contributed by atoms with Gasteiger partial charge in [0, 0.05) is 11.1 Å². The molecule has 5 heteroatoms. The Balaban J connectivity index is 0.00000220. The summed E-state index contributed by atoms with van der Waals surface area (Å²) in [5.41, 5.74) is 6.97. The summed E-state index contributed by atoms with van der Waals surface area (Å²) < 4.78 is 5.12. The van der Waals surface area contributed by atoms with Crippen molar-refractivity contribution in [3.8, 4) is 5.75 Å². The summed E-state index contributed by atoms with van der Waals surface area (Å²) in [6.07, 6.45) is 4.07. The molecule has 1 saturated carbocycles. The average Bonchev–Trinajstić information content (AvgIpc) is 2.33. The molecule has 1 aromatic rings. The number of methoxy groups -OCH3 is 1. The van der Waals surface area contributed by atoms with Gasteiger partial charge in [0.1, 0.15) is 5.75 Å². The first kappa shape index (κ1) is 17.6. The van der Waals surface area contributed by atoms with Gasteiger partial charge >= 0.3 is 0 Å². The fourth-order valence-corrected chi connectivity index (χ4v) is 2.98. The van der Waals surface area contributed by atoms with Crippen molar-refractivity contribution in [3.63, 3.8) is 0 Å². The highest BCUT2D eigenvalue weighted by Crippen LogP contribution is 2.46. The lowest BCUT2D eigenvalue weighted by Gasteiger charge is -2.41. The number of halogens is 1. The van der Waals surface area contributed by atoms with E-state index in [4.69, 9.17) is 10.5 Å². The zero-order valence-corrected chi connectivity index (χ0v) is 13.8. The van der Waals surface area contributed by atoms with Gasteiger partial charge in [-0.2, -0.15) is 0 Å². The number of nitrogen functional groups attached to an aromatic ring is 1. The highest BCUT2D eigenvalue weighted by atomic mass is 35.5. The molecule has 0 spiro atoms. The summed E-state index contributed by atoms with van der Waals surface area (Å²) in [5, 5.41) is 3.01. The Morgan fingerprint density at radius 1 is 1.43 bits per heavy atom. The summed E-state index contributed by atoms with van der Waals surface area (Å²) in [6.45, 7) is 4.33. The number of nitrogens with two attached hydrogens (primary N) is 1. The van der Waals surface area contributed by atoms with Crippen molar-refractivity contribution in [2.24, 2.45) is 11.3 Å². The molecule has 0 heterocycles. The molecule has 0 aromatic heterocycles. The minimum absolute atomic E-state index is 0. The van der Waals surface area contributed by atoms with Gasteiger partial charge in [0.25, 0.3) is 0 Å². The molecule has 1 aliphatic carbocycles. The Hall–Kier alpha value is -1.42. The molecular weight excluding hydrogens is 288 g/mol. The lowest BCUT2D eigenvalue weighted by Crippen LogP contribution is -2.42. The molecule has 1 aliphatic rings. The van der Waals surface area contributed by atoms with E-state index in [1.54, 1.807) is 19.2 Å². The quantitative estimate of drug-likeness (QED) is 0.812. The number of benzene rings is 1. The predicted molar refractivity (Wildman–Crippen MR) is 89.0 cm³/mol. The number of carbonyl (C=O) groups is 1. The molecule has 0 bridgehead atoms. The van der Waals surface area contributed by atoms with Crippen LogP contribution in [-0.4, -0.2) is 13.0 Å². The normalized spacial score (nSPS) is 15.8. The number of amides is 1. The number of nitrogens with one attached hydrogen (secondary N) is 1. The largest absolute Gasteiger partial charge is 0.495 e. The maximum Gasteiger partial charge on any atom is 0.230 e. The van der Waals surface area contributed by atoms with Crippen LogP contribution in [0.1, 0.15) is 39.5 Å². The third kappa shape index (κ3) is 3.82. The minimum atomic E-state index is -0.178. The Morgan fingerprint density at radius 2 is 2.10 bits per heavy atom.